The van der Waals surface area contributed by atoms with Crippen LogP contribution >= 0.6 is 0 Å². The Morgan fingerprint density at radius 1 is 1.43 bits per heavy atom. The highest BCUT2D eigenvalue weighted by Gasteiger charge is 2.28. The normalized spacial score (nSPS) is 13.3. The lowest BCUT2D eigenvalue weighted by Crippen LogP contribution is -2.27. The zero-order chi connectivity index (χ0) is 15.8. The summed E-state index contributed by atoms with van der Waals surface area (Å²) in [6, 6.07) is 2.76. The van der Waals surface area contributed by atoms with Gasteiger partial charge < -0.3 is 14.5 Å². The fourth-order valence-electron chi connectivity index (χ4n) is 2.24. The predicted octanol–water partition coefficient (Wildman–Crippen LogP) is 1.96. The first kappa shape index (κ1) is 15.3. The van der Waals surface area contributed by atoms with E-state index >= 15 is 0 Å². The van der Waals surface area contributed by atoms with Gasteiger partial charge >= 0.3 is 5.97 Å². The van der Waals surface area contributed by atoms with Crippen molar-refractivity contribution >= 4 is 16.0 Å². The number of nitrogens with one attached hydrogen (secondary N) is 2. The second-order valence-electron chi connectivity index (χ2n) is 4.74. The number of carbonyl (C=O) groups is 1. The van der Waals surface area contributed by atoms with Crippen LogP contribution in [0.5, 0.6) is 0 Å². The number of aryl methyl sites for hydroxylation is 1. The van der Waals surface area contributed by atoms with Crippen molar-refractivity contribution < 1.29 is 22.7 Å². The summed E-state index contributed by atoms with van der Waals surface area (Å²) in [4.78, 5) is 13.6. The maximum atomic E-state index is 12.4. The van der Waals surface area contributed by atoms with Gasteiger partial charge in [-0.1, -0.05) is 0 Å². The number of hydrogen-bond donors (Lipinski definition) is 3. The van der Waals surface area contributed by atoms with Gasteiger partial charge in [0.2, 0.25) is 10.0 Å². The van der Waals surface area contributed by atoms with Gasteiger partial charge in [-0.05, 0) is 32.9 Å². The van der Waals surface area contributed by atoms with Crippen LogP contribution in [0.3, 0.4) is 0 Å². The summed E-state index contributed by atoms with van der Waals surface area (Å²) in [6.45, 7) is 4.62. The molecule has 0 aromatic carbocycles. The van der Waals surface area contributed by atoms with Crippen LogP contribution in [0.15, 0.2) is 27.7 Å². The minimum Gasteiger partial charge on any atom is -0.477 e. The molecule has 2 aromatic rings. The predicted molar refractivity (Wildman–Crippen MR) is 74.7 cm³/mol. The van der Waals surface area contributed by atoms with E-state index in [0.717, 1.165) is 0 Å². The van der Waals surface area contributed by atoms with Gasteiger partial charge in [-0.2, -0.15) is 0 Å². The molecule has 0 radical (unpaired) electrons. The standard InChI is InChI=1S/C13H16N2O5S/c1-7-11(13(16)17)14-9(3)12(7)21(18,19)15-8(2)10-5-4-6-20-10/h4-6,8,14-15H,1-3H3,(H,16,17)/t8-/m0/s1. The monoisotopic (exact) mass is 312 g/mol. The molecule has 0 aliphatic carbocycles. The van der Waals surface area contributed by atoms with Crippen LogP contribution in [0.25, 0.3) is 0 Å². The number of H-pyrrole nitrogens is 1. The molecule has 0 bridgehead atoms. The summed E-state index contributed by atoms with van der Waals surface area (Å²) in [7, 11) is -3.86. The van der Waals surface area contributed by atoms with Crippen LogP contribution < -0.4 is 4.72 Å². The van der Waals surface area contributed by atoms with Crippen LogP contribution in [0.1, 0.15) is 40.5 Å². The zero-order valence-corrected chi connectivity index (χ0v) is 12.6. The van der Waals surface area contributed by atoms with E-state index in [1.165, 1.54) is 20.1 Å². The molecule has 0 aliphatic rings. The third-order valence-electron chi connectivity index (χ3n) is 3.15. The molecule has 3 N–H and O–H groups in total. The number of rotatable bonds is 5. The van der Waals surface area contributed by atoms with E-state index in [9.17, 15) is 13.2 Å². The summed E-state index contributed by atoms with van der Waals surface area (Å²) in [5, 5.41) is 9.04. The third kappa shape index (κ3) is 2.86. The highest BCUT2D eigenvalue weighted by molar-refractivity contribution is 7.89. The van der Waals surface area contributed by atoms with Gasteiger partial charge in [-0.15, -0.1) is 0 Å². The van der Waals surface area contributed by atoms with E-state index < -0.39 is 22.0 Å². The number of aromatic nitrogens is 1. The summed E-state index contributed by atoms with van der Waals surface area (Å²) in [5.74, 6) is -0.723. The molecule has 1 atom stereocenters. The Balaban J connectivity index is 2.39. The lowest BCUT2D eigenvalue weighted by molar-refractivity contribution is 0.0690. The van der Waals surface area contributed by atoms with Gasteiger partial charge in [0, 0.05) is 11.3 Å². The lowest BCUT2D eigenvalue weighted by Gasteiger charge is -2.12. The van der Waals surface area contributed by atoms with Gasteiger partial charge in [-0.25, -0.2) is 17.9 Å². The molecule has 7 nitrogen and oxygen atoms in total. The van der Waals surface area contributed by atoms with Gasteiger partial charge in [0.25, 0.3) is 0 Å². The number of sulfonamides is 1. The molecule has 2 aromatic heterocycles. The molecule has 114 valence electrons. The molecule has 2 heterocycles. The number of aromatic carboxylic acids is 1. The first-order valence-corrected chi connectivity index (χ1v) is 7.70. The zero-order valence-electron chi connectivity index (χ0n) is 11.8. The lowest BCUT2D eigenvalue weighted by atomic mass is 10.2. The van der Waals surface area contributed by atoms with Gasteiger partial charge in [0.1, 0.15) is 16.3 Å². The molecule has 0 aliphatic heterocycles. The van der Waals surface area contributed by atoms with Crippen LogP contribution in [-0.4, -0.2) is 24.5 Å². The summed E-state index contributed by atoms with van der Waals surface area (Å²) >= 11 is 0. The smallest absolute Gasteiger partial charge is 0.352 e. The van der Waals surface area contributed by atoms with Gasteiger partial charge in [-0.3, -0.25) is 0 Å². The molecule has 21 heavy (non-hydrogen) atoms. The van der Waals surface area contributed by atoms with Crippen molar-refractivity contribution in [3.05, 3.63) is 41.1 Å². The second kappa shape index (κ2) is 5.38. The Labute approximate surface area is 122 Å². The molecule has 0 saturated carbocycles. The van der Waals surface area contributed by atoms with Crippen molar-refractivity contribution in [3.63, 3.8) is 0 Å². The van der Waals surface area contributed by atoms with Crippen molar-refractivity contribution in [3.8, 4) is 0 Å². The Hall–Kier alpha value is -2.06. The molecule has 0 amide bonds. The molecule has 0 saturated heterocycles. The van der Waals surface area contributed by atoms with Crippen molar-refractivity contribution in [2.75, 3.05) is 0 Å². The highest BCUT2D eigenvalue weighted by atomic mass is 32.2. The Morgan fingerprint density at radius 2 is 2.10 bits per heavy atom. The van der Waals surface area contributed by atoms with Gasteiger partial charge in [0.15, 0.2) is 0 Å². The molecule has 8 heteroatoms. The molecule has 2 rings (SSSR count). The van der Waals surface area contributed by atoms with E-state index in [-0.39, 0.29) is 21.8 Å². The summed E-state index contributed by atoms with van der Waals surface area (Å²) in [5.41, 5.74) is 0.335. The topological polar surface area (TPSA) is 112 Å². The van der Waals surface area contributed by atoms with Crippen LogP contribution in [-0.2, 0) is 10.0 Å². The minimum absolute atomic E-state index is 0.0432. The van der Waals surface area contributed by atoms with Crippen LogP contribution in [0.4, 0.5) is 0 Å². The number of hydrogen-bond acceptors (Lipinski definition) is 4. The van der Waals surface area contributed by atoms with E-state index in [1.807, 2.05) is 0 Å². The van der Waals surface area contributed by atoms with Crippen LogP contribution in [0, 0.1) is 13.8 Å². The van der Waals surface area contributed by atoms with Crippen molar-refractivity contribution in [1.29, 1.82) is 0 Å². The average Bonchev–Trinajstić information content (AvgIpc) is 2.96. The van der Waals surface area contributed by atoms with Crippen molar-refractivity contribution in [2.45, 2.75) is 31.7 Å². The Bertz CT molecular complexity index is 759. The number of carboxylic acids is 1. The van der Waals surface area contributed by atoms with Crippen molar-refractivity contribution in [1.82, 2.24) is 9.71 Å². The number of aromatic amines is 1. The molecular weight excluding hydrogens is 296 g/mol. The van der Waals surface area contributed by atoms with E-state index in [0.29, 0.717) is 5.76 Å². The number of furan rings is 1. The maximum absolute atomic E-state index is 12.4. The molecule has 0 fully saturated rings. The number of carboxylic acid groups (broad SMARTS) is 1. The minimum atomic E-state index is -3.86. The average molecular weight is 312 g/mol. The van der Waals surface area contributed by atoms with Crippen LogP contribution in [0.2, 0.25) is 0 Å². The first-order valence-electron chi connectivity index (χ1n) is 6.22. The fraction of sp³-hybridized carbons (Fsp3) is 0.308. The summed E-state index contributed by atoms with van der Waals surface area (Å²) < 4.78 is 32.5. The largest absolute Gasteiger partial charge is 0.477 e. The molecule has 0 unspecified atom stereocenters. The fourth-order valence-corrected chi connectivity index (χ4v) is 3.90. The second-order valence-corrected chi connectivity index (χ2v) is 6.39. The third-order valence-corrected chi connectivity index (χ3v) is 4.97. The van der Waals surface area contributed by atoms with Crippen molar-refractivity contribution in [2.24, 2.45) is 0 Å². The maximum Gasteiger partial charge on any atom is 0.352 e. The quantitative estimate of drug-likeness (QED) is 0.781. The Morgan fingerprint density at radius 3 is 2.57 bits per heavy atom. The Kier molecular flexibility index (Phi) is 3.93. The molecular formula is C13H16N2O5S. The first-order chi connectivity index (χ1) is 9.74. The van der Waals surface area contributed by atoms with Gasteiger partial charge in [0.05, 0.1) is 12.3 Å². The highest BCUT2D eigenvalue weighted by Crippen LogP contribution is 2.25. The SMILES string of the molecule is Cc1[nH]c(C(=O)O)c(C)c1S(=O)(=O)N[C@@H](C)c1ccco1. The molecule has 0 spiro atoms. The van der Waals surface area contributed by atoms with E-state index in [2.05, 4.69) is 9.71 Å². The van der Waals surface area contributed by atoms with E-state index in [4.69, 9.17) is 9.52 Å². The van der Waals surface area contributed by atoms with E-state index in [1.54, 1.807) is 19.1 Å². The summed E-state index contributed by atoms with van der Waals surface area (Å²) in [6.07, 6.45) is 1.45.